The Labute approximate surface area is 188 Å². The molecule has 0 spiro atoms. The van der Waals surface area contributed by atoms with Crippen molar-refractivity contribution >= 4 is 52.0 Å². The summed E-state index contributed by atoms with van der Waals surface area (Å²) in [6.07, 6.45) is 0. The molecule has 1 aliphatic heterocycles. The number of carbonyl (C=O) groups excluding carboxylic acids is 3. The van der Waals surface area contributed by atoms with Gasteiger partial charge < -0.3 is 10.6 Å². The third-order valence-electron chi connectivity index (χ3n) is 4.78. The molecule has 2 N–H and O–H groups in total. The summed E-state index contributed by atoms with van der Waals surface area (Å²) in [5.41, 5.74) is 2.12. The SMILES string of the molecule is CC(=O)Nc1ccc(NC2=C(c3ccccc3)C(=O)N(c3ccc(F)c(Cl)c3)C2=O)cc1. The summed E-state index contributed by atoms with van der Waals surface area (Å²) in [4.78, 5) is 38.8. The topological polar surface area (TPSA) is 78.5 Å². The van der Waals surface area contributed by atoms with Crippen molar-refractivity contribution in [2.75, 3.05) is 15.5 Å². The van der Waals surface area contributed by atoms with Crippen LogP contribution in [0.25, 0.3) is 5.57 Å². The number of carbonyl (C=O) groups is 3. The van der Waals surface area contributed by atoms with Crippen molar-refractivity contribution < 1.29 is 18.8 Å². The van der Waals surface area contributed by atoms with Gasteiger partial charge in [-0.05, 0) is 48.0 Å². The lowest BCUT2D eigenvalue weighted by molar-refractivity contribution is -0.120. The molecule has 6 nitrogen and oxygen atoms in total. The van der Waals surface area contributed by atoms with Gasteiger partial charge in [0, 0.05) is 18.3 Å². The third-order valence-corrected chi connectivity index (χ3v) is 5.07. The van der Waals surface area contributed by atoms with Crippen molar-refractivity contribution in [3.8, 4) is 0 Å². The van der Waals surface area contributed by atoms with E-state index in [-0.39, 0.29) is 27.9 Å². The van der Waals surface area contributed by atoms with Crippen LogP contribution in [0.2, 0.25) is 5.02 Å². The van der Waals surface area contributed by atoms with Gasteiger partial charge in [0.1, 0.15) is 11.5 Å². The van der Waals surface area contributed by atoms with E-state index in [2.05, 4.69) is 10.6 Å². The molecule has 0 saturated heterocycles. The molecule has 0 unspecified atom stereocenters. The first-order valence-electron chi connectivity index (χ1n) is 9.63. The van der Waals surface area contributed by atoms with Gasteiger partial charge in [-0.3, -0.25) is 14.4 Å². The van der Waals surface area contributed by atoms with Gasteiger partial charge in [-0.2, -0.15) is 0 Å². The maximum atomic E-state index is 13.6. The van der Waals surface area contributed by atoms with E-state index < -0.39 is 17.6 Å². The molecule has 3 amide bonds. The Bertz CT molecular complexity index is 1260. The number of nitrogens with one attached hydrogen (secondary N) is 2. The number of rotatable bonds is 5. The molecule has 3 aromatic rings. The van der Waals surface area contributed by atoms with Crippen LogP contribution < -0.4 is 15.5 Å². The Hall–Kier alpha value is -3.97. The quantitative estimate of drug-likeness (QED) is 0.547. The molecule has 0 atom stereocenters. The van der Waals surface area contributed by atoms with E-state index in [1.54, 1.807) is 54.6 Å². The van der Waals surface area contributed by atoms with Crippen LogP contribution in [0, 0.1) is 5.82 Å². The van der Waals surface area contributed by atoms with Gasteiger partial charge in [0.2, 0.25) is 5.91 Å². The number of anilines is 3. The fourth-order valence-corrected chi connectivity index (χ4v) is 3.54. The lowest BCUT2D eigenvalue weighted by atomic mass is 10.0. The van der Waals surface area contributed by atoms with Gasteiger partial charge in [0.05, 0.1) is 16.3 Å². The largest absolute Gasteiger partial charge is 0.350 e. The van der Waals surface area contributed by atoms with E-state index in [1.807, 2.05) is 0 Å². The lowest BCUT2D eigenvalue weighted by Gasteiger charge is -2.16. The molecule has 32 heavy (non-hydrogen) atoms. The molecule has 1 aliphatic rings. The van der Waals surface area contributed by atoms with Gasteiger partial charge in [-0.15, -0.1) is 0 Å². The van der Waals surface area contributed by atoms with E-state index in [9.17, 15) is 18.8 Å². The zero-order chi connectivity index (χ0) is 22.8. The number of hydrogen-bond acceptors (Lipinski definition) is 4. The van der Waals surface area contributed by atoms with Gasteiger partial charge in [0.25, 0.3) is 11.8 Å². The molecular formula is C24H17ClFN3O3. The second kappa shape index (κ2) is 8.64. The average Bonchev–Trinajstić information content (AvgIpc) is 3.01. The van der Waals surface area contributed by atoms with Crippen molar-refractivity contribution in [3.05, 3.63) is 94.9 Å². The van der Waals surface area contributed by atoms with E-state index in [0.29, 0.717) is 16.9 Å². The van der Waals surface area contributed by atoms with Crippen molar-refractivity contribution in [2.45, 2.75) is 6.92 Å². The second-order valence-electron chi connectivity index (χ2n) is 7.04. The van der Waals surface area contributed by atoms with E-state index in [1.165, 1.54) is 19.1 Å². The molecule has 0 bridgehead atoms. The average molecular weight is 450 g/mol. The molecule has 0 aromatic heterocycles. The predicted octanol–water partition coefficient (Wildman–Crippen LogP) is 4.83. The minimum absolute atomic E-state index is 0.0777. The van der Waals surface area contributed by atoms with Crippen LogP contribution in [0.4, 0.5) is 21.5 Å². The first-order valence-corrected chi connectivity index (χ1v) is 10.0. The van der Waals surface area contributed by atoms with Gasteiger partial charge >= 0.3 is 0 Å². The molecule has 4 rings (SSSR count). The predicted molar refractivity (Wildman–Crippen MR) is 122 cm³/mol. The number of halogens is 2. The zero-order valence-electron chi connectivity index (χ0n) is 16.9. The zero-order valence-corrected chi connectivity index (χ0v) is 17.6. The molecule has 0 radical (unpaired) electrons. The van der Waals surface area contributed by atoms with Crippen LogP contribution in [0.15, 0.2) is 78.5 Å². The first kappa shape index (κ1) is 21.3. The van der Waals surface area contributed by atoms with E-state index in [0.717, 1.165) is 11.0 Å². The number of benzene rings is 3. The van der Waals surface area contributed by atoms with E-state index in [4.69, 9.17) is 11.6 Å². The number of amides is 3. The molecule has 0 aliphatic carbocycles. The van der Waals surface area contributed by atoms with Crippen LogP contribution >= 0.6 is 11.6 Å². The Morgan fingerprint density at radius 1 is 0.906 bits per heavy atom. The molecular weight excluding hydrogens is 433 g/mol. The van der Waals surface area contributed by atoms with Crippen LogP contribution in [-0.4, -0.2) is 17.7 Å². The Kier molecular flexibility index (Phi) is 5.75. The highest BCUT2D eigenvalue weighted by molar-refractivity contribution is 6.46. The summed E-state index contributed by atoms with van der Waals surface area (Å²) < 4.78 is 13.6. The van der Waals surface area contributed by atoms with Crippen LogP contribution in [-0.2, 0) is 14.4 Å². The fourth-order valence-electron chi connectivity index (χ4n) is 3.36. The third kappa shape index (κ3) is 4.10. The van der Waals surface area contributed by atoms with Crippen LogP contribution in [0.3, 0.4) is 0 Å². The lowest BCUT2D eigenvalue weighted by Crippen LogP contribution is -2.32. The van der Waals surface area contributed by atoms with Gasteiger partial charge in [-0.25, -0.2) is 9.29 Å². The summed E-state index contributed by atoms with van der Waals surface area (Å²) >= 11 is 5.87. The second-order valence-corrected chi connectivity index (χ2v) is 7.45. The number of nitrogens with zero attached hydrogens (tertiary/aromatic N) is 1. The molecule has 0 fully saturated rings. The van der Waals surface area contributed by atoms with Crippen molar-refractivity contribution in [2.24, 2.45) is 0 Å². The highest BCUT2D eigenvalue weighted by Gasteiger charge is 2.40. The minimum Gasteiger partial charge on any atom is -0.350 e. The fraction of sp³-hybridized carbons (Fsp3) is 0.0417. The summed E-state index contributed by atoms with van der Waals surface area (Å²) in [5, 5.41) is 5.49. The summed E-state index contributed by atoms with van der Waals surface area (Å²) in [6.45, 7) is 1.40. The number of hydrogen-bond donors (Lipinski definition) is 2. The maximum absolute atomic E-state index is 13.6. The van der Waals surface area contributed by atoms with Gasteiger partial charge in [-0.1, -0.05) is 41.9 Å². The molecule has 8 heteroatoms. The minimum atomic E-state index is -0.650. The van der Waals surface area contributed by atoms with Crippen molar-refractivity contribution in [1.29, 1.82) is 0 Å². The Morgan fingerprint density at radius 3 is 2.19 bits per heavy atom. The maximum Gasteiger partial charge on any atom is 0.282 e. The summed E-state index contributed by atoms with van der Waals surface area (Å²) in [6, 6.07) is 19.1. The highest BCUT2D eigenvalue weighted by Crippen LogP contribution is 2.35. The Balaban J connectivity index is 1.74. The standard InChI is InChI=1S/C24H17ClFN3O3/c1-14(30)27-16-7-9-17(10-8-16)28-22-21(15-5-3-2-4-6-15)23(31)29(24(22)32)18-11-12-20(26)19(25)13-18/h2-13,28H,1H3,(H,27,30). The molecule has 1 heterocycles. The first-order chi connectivity index (χ1) is 15.3. The van der Waals surface area contributed by atoms with Crippen molar-refractivity contribution in [1.82, 2.24) is 0 Å². The van der Waals surface area contributed by atoms with E-state index >= 15 is 0 Å². The normalized spacial score (nSPS) is 13.5. The Morgan fingerprint density at radius 2 is 1.56 bits per heavy atom. The van der Waals surface area contributed by atoms with Crippen LogP contribution in [0.5, 0.6) is 0 Å². The molecule has 160 valence electrons. The number of imide groups is 1. The monoisotopic (exact) mass is 449 g/mol. The molecule has 3 aromatic carbocycles. The van der Waals surface area contributed by atoms with Crippen LogP contribution in [0.1, 0.15) is 12.5 Å². The van der Waals surface area contributed by atoms with Gasteiger partial charge in [0.15, 0.2) is 0 Å². The molecule has 0 saturated carbocycles. The van der Waals surface area contributed by atoms with Crippen molar-refractivity contribution in [3.63, 3.8) is 0 Å². The summed E-state index contributed by atoms with van der Waals surface area (Å²) in [5.74, 6) is -2.00. The highest BCUT2D eigenvalue weighted by atomic mass is 35.5. The summed E-state index contributed by atoms with van der Waals surface area (Å²) in [7, 11) is 0. The smallest absolute Gasteiger partial charge is 0.282 e.